The van der Waals surface area contributed by atoms with Crippen LogP contribution in [0.3, 0.4) is 0 Å². The molecule has 3 aromatic heterocycles. The summed E-state index contributed by atoms with van der Waals surface area (Å²) in [4.78, 5) is 32.9. The number of aromatic nitrogens is 3. The quantitative estimate of drug-likeness (QED) is 0.671. The molecular formula is C23H28N6OS. The van der Waals surface area contributed by atoms with E-state index in [0.717, 1.165) is 71.3 Å². The number of thiophene rings is 1. The summed E-state index contributed by atoms with van der Waals surface area (Å²) in [5, 5.41) is 4.28. The van der Waals surface area contributed by atoms with E-state index in [9.17, 15) is 4.79 Å². The third-order valence-electron chi connectivity index (χ3n) is 6.41. The molecule has 1 saturated heterocycles. The highest BCUT2D eigenvalue weighted by atomic mass is 32.1. The van der Waals surface area contributed by atoms with Gasteiger partial charge in [-0.1, -0.05) is 25.3 Å². The van der Waals surface area contributed by atoms with Crippen LogP contribution >= 0.6 is 11.3 Å². The van der Waals surface area contributed by atoms with E-state index in [2.05, 4.69) is 36.1 Å². The zero-order valence-corrected chi connectivity index (χ0v) is 18.7. The number of rotatable bonds is 4. The predicted molar refractivity (Wildman–Crippen MR) is 125 cm³/mol. The van der Waals surface area contributed by atoms with Gasteiger partial charge in [-0.05, 0) is 37.5 Å². The van der Waals surface area contributed by atoms with Gasteiger partial charge in [0.25, 0.3) is 5.91 Å². The highest BCUT2D eigenvalue weighted by molar-refractivity contribution is 7.20. The SMILES string of the molecule is Cc1c(C(=O)NC2CCCCC2)sc2ncnc(N3CCN(c4ccccn4)CC3)c12. The van der Waals surface area contributed by atoms with Gasteiger partial charge in [-0.3, -0.25) is 4.79 Å². The number of aryl methyl sites for hydroxylation is 1. The molecule has 8 heteroatoms. The smallest absolute Gasteiger partial charge is 0.261 e. The largest absolute Gasteiger partial charge is 0.353 e. The minimum Gasteiger partial charge on any atom is -0.353 e. The van der Waals surface area contributed by atoms with E-state index >= 15 is 0 Å². The van der Waals surface area contributed by atoms with Gasteiger partial charge < -0.3 is 15.1 Å². The Hall–Kier alpha value is -2.74. The van der Waals surface area contributed by atoms with Gasteiger partial charge in [0.15, 0.2) is 0 Å². The number of anilines is 2. The lowest BCUT2D eigenvalue weighted by molar-refractivity contribution is 0.0931. The van der Waals surface area contributed by atoms with Crippen LogP contribution in [0.25, 0.3) is 10.2 Å². The van der Waals surface area contributed by atoms with E-state index in [1.807, 2.05) is 25.3 Å². The summed E-state index contributed by atoms with van der Waals surface area (Å²) in [7, 11) is 0. The fraction of sp³-hybridized carbons (Fsp3) is 0.478. The van der Waals surface area contributed by atoms with Crippen LogP contribution < -0.4 is 15.1 Å². The third kappa shape index (κ3) is 4.08. The molecule has 1 saturated carbocycles. The topological polar surface area (TPSA) is 74.2 Å². The lowest BCUT2D eigenvalue weighted by Crippen LogP contribution is -2.47. The number of nitrogens with zero attached hydrogens (tertiary/aromatic N) is 5. The Morgan fingerprint density at radius 2 is 1.81 bits per heavy atom. The molecule has 31 heavy (non-hydrogen) atoms. The third-order valence-corrected chi connectivity index (χ3v) is 7.60. The van der Waals surface area contributed by atoms with E-state index in [1.54, 1.807) is 6.33 Å². The molecule has 7 nitrogen and oxygen atoms in total. The lowest BCUT2D eigenvalue weighted by Gasteiger charge is -2.36. The van der Waals surface area contributed by atoms with Crippen molar-refractivity contribution in [2.45, 2.75) is 45.1 Å². The first kappa shape index (κ1) is 20.2. The van der Waals surface area contributed by atoms with Gasteiger partial charge >= 0.3 is 0 Å². The summed E-state index contributed by atoms with van der Waals surface area (Å²) in [6.45, 7) is 5.54. The Morgan fingerprint density at radius 1 is 1.03 bits per heavy atom. The molecule has 0 atom stereocenters. The molecule has 162 valence electrons. The van der Waals surface area contributed by atoms with Crippen molar-refractivity contribution in [1.29, 1.82) is 0 Å². The Morgan fingerprint density at radius 3 is 2.55 bits per heavy atom. The van der Waals surface area contributed by atoms with Crippen molar-refractivity contribution >= 4 is 39.1 Å². The number of fused-ring (bicyclic) bond motifs is 1. The van der Waals surface area contributed by atoms with E-state index in [4.69, 9.17) is 0 Å². The molecule has 1 N–H and O–H groups in total. The Kier molecular flexibility index (Phi) is 5.72. The molecule has 2 fully saturated rings. The van der Waals surface area contributed by atoms with Gasteiger partial charge in [0, 0.05) is 38.4 Å². The monoisotopic (exact) mass is 436 g/mol. The molecule has 3 aromatic rings. The first-order valence-corrected chi connectivity index (χ1v) is 12.0. The van der Waals surface area contributed by atoms with Gasteiger partial charge in [0.2, 0.25) is 0 Å². The van der Waals surface area contributed by atoms with Crippen LogP contribution in [0.4, 0.5) is 11.6 Å². The fourth-order valence-corrected chi connectivity index (χ4v) is 5.74. The van der Waals surface area contributed by atoms with Crippen LogP contribution in [-0.2, 0) is 0 Å². The minimum atomic E-state index is 0.0401. The number of piperazine rings is 1. The van der Waals surface area contributed by atoms with Crippen LogP contribution in [0.2, 0.25) is 0 Å². The second-order valence-electron chi connectivity index (χ2n) is 8.40. The van der Waals surface area contributed by atoms with Crippen molar-refractivity contribution in [3.05, 3.63) is 41.2 Å². The van der Waals surface area contributed by atoms with Crippen molar-refractivity contribution in [3.63, 3.8) is 0 Å². The van der Waals surface area contributed by atoms with Crippen molar-refractivity contribution in [3.8, 4) is 0 Å². The van der Waals surface area contributed by atoms with Gasteiger partial charge in [0.05, 0.1) is 10.3 Å². The Balaban J connectivity index is 1.36. The Bertz CT molecular complexity index is 1050. The molecule has 0 radical (unpaired) electrons. The van der Waals surface area contributed by atoms with Crippen LogP contribution in [0.1, 0.15) is 47.3 Å². The summed E-state index contributed by atoms with van der Waals surface area (Å²) in [6.07, 6.45) is 9.32. The van der Waals surface area contributed by atoms with Crippen molar-refractivity contribution in [2.24, 2.45) is 0 Å². The normalized spacial score (nSPS) is 17.8. The van der Waals surface area contributed by atoms with Crippen molar-refractivity contribution in [1.82, 2.24) is 20.3 Å². The molecular weight excluding hydrogens is 408 g/mol. The average molecular weight is 437 g/mol. The van der Waals surface area contributed by atoms with Gasteiger partial charge in [-0.15, -0.1) is 11.3 Å². The zero-order chi connectivity index (χ0) is 21.2. The highest BCUT2D eigenvalue weighted by Gasteiger charge is 2.26. The average Bonchev–Trinajstić information content (AvgIpc) is 3.17. The van der Waals surface area contributed by atoms with E-state index in [-0.39, 0.29) is 5.91 Å². The zero-order valence-electron chi connectivity index (χ0n) is 17.9. The molecule has 0 spiro atoms. The second-order valence-corrected chi connectivity index (χ2v) is 9.40. The van der Waals surface area contributed by atoms with E-state index in [0.29, 0.717) is 6.04 Å². The number of amides is 1. The summed E-state index contributed by atoms with van der Waals surface area (Å²) in [5.41, 5.74) is 0.996. The lowest BCUT2D eigenvalue weighted by atomic mass is 9.95. The molecule has 0 unspecified atom stereocenters. The number of carbonyl (C=O) groups is 1. The maximum atomic E-state index is 13.0. The number of nitrogens with one attached hydrogen (secondary N) is 1. The summed E-state index contributed by atoms with van der Waals surface area (Å²) in [5.74, 6) is 2.00. The van der Waals surface area contributed by atoms with Crippen LogP contribution in [0.5, 0.6) is 0 Å². The van der Waals surface area contributed by atoms with Crippen molar-refractivity contribution < 1.29 is 4.79 Å². The molecule has 1 aliphatic heterocycles. The summed E-state index contributed by atoms with van der Waals surface area (Å²) < 4.78 is 0. The van der Waals surface area contributed by atoms with Gasteiger partial charge in [-0.25, -0.2) is 15.0 Å². The van der Waals surface area contributed by atoms with Crippen LogP contribution in [-0.4, -0.2) is 53.1 Å². The van der Waals surface area contributed by atoms with Crippen LogP contribution in [0.15, 0.2) is 30.7 Å². The number of hydrogen-bond donors (Lipinski definition) is 1. The molecule has 4 heterocycles. The molecule has 1 aliphatic carbocycles. The highest BCUT2D eigenvalue weighted by Crippen LogP contribution is 2.35. The molecule has 0 bridgehead atoms. The van der Waals surface area contributed by atoms with E-state index in [1.165, 1.54) is 30.6 Å². The van der Waals surface area contributed by atoms with Crippen molar-refractivity contribution in [2.75, 3.05) is 36.0 Å². The predicted octanol–water partition coefficient (Wildman–Crippen LogP) is 3.78. The maximum Gasteiger partial charge on any atom is 0.261 e. The molecule has 2 aliphatic rings. The molecule has 0 aromatic carbocycles. The number of hydrogen-bond acceptors (Lipinski definition) is 7. The molecule has 1 amide bonds. The standard InChI is InChI=1S/C23H28N6OS/c1-16-19-21(29-13-11-28(12-14-29)18-9-5-6-10-24-18)25-15-26-23(19)31-20(16)22(30)27-17-7-3-2-4-8-17/h5-6,9-10,15,17H,2-4,7-8,11-14H2,1H3,(H,27,30). The number of carbonyl (C=O) groups excluding carboxylic acids is 1. The first-order chi connectivity index (χ1) is 15.2. The Labute approximate surface area is 186 Å². The first-order valence-electron chi connectivity index (χ1n) is 11.2. The minimum absolute atomic E-state index is 0.0401. The summed E-state index contributed by atoms with van der Waals surface area (Å²) in [6, 6.07) is 6.32. The second kappa shape index (κ2) is 8.78. The summed E-state index contributed by atoms with van der Waals surface area (Å²) >= 11 is 1.49. The van der Waals surface area contributed by atoms with Crippen LogP contribution in [0, 0.1) is 6.92 Å². The van der Waals surface area contributed by atoms with Gasteiger partial charge in [-0.2, -0.15) is 0 Å². The maximum absolute atomic E-state index is 13.0. The molecule has 5 rings (SSSR count). The fourth-order valence-electron chi connectivity index (χ4n) is 4.70. The van der Waals surface area contributed by atoms with E-state index < -0.39 is 0 Å². The van der Waals surface area contributed by atoms with Gasteiger partial charge in [0.1, 0.15) is 22.8 Å². The number of pyridine rings is 1.